The van der Waals surface area contributed by atoms with Gasteiger partial charge in [-0.25, -0.2) is 4.39 Å². The van der Waals surface area contributed by atoms with Crippen LogP contribution in [0.1, 0.15) is 12.0 Å². The minimum Gasteiger partial charge on any atom is -0.493 e. The van der Waals surface area contributed by atoms with E-state index in [1.807, 2.05) is 36.4 Å². The molecule has 106 valence electrons. The molecule has 2 rings (SSSR count). The van der Waals surface area contributed by atoms with Gasteiger partial charge in [-0.05, 0) is 29.8 Å². The summed E-state index contributed by atoms with van der Waals surface area (Å²) in [5, 5.41) is 0.634. The maximum atomic E-state index is 13.6. The average molecular weight is 339 g/mol. The Morgan fingerprint density at radius 1 is 0.950 bits per heavy atom. The summed E-state index contributed by atoms with van der Waals surface area (Å²) in [4.78, 5) is 0. The summed E-state index contributed by atoms with van der Waals surface area (Å²) in [5.41, 5.74) is 0.891. The van der Waals surface area contributed by atoms with Crippen LogP contribution in [0.25, 0.3) is 0 Å². The van der Waals surface area contributed by atoms with E-state index < -0.39 is 0 Å². The number of alkyl halides is 1. The summed E-state index contributed by atoms with van der Waals surface area (Å²) in [6, 6.07) is 14.6. The zero-order valence-electron chi connectivity index (χ0n) is 11.0. The first-order valence-electron chi connectivity index (χ1n) is 6.44. The van der Waals surface area contributed by atoms with Crippen LogP contribution < -0.4 is 9.47 Å². The molecule has 0 radical (unpaired) electrons. The van der Waals surface area contributed by atoms with Crippen LogP contribution in [-0.2, 0) is 5.33 Å². The number of hydrogen-bond donors (Lipinski definition) is 0. The lowest BCUT2D eigenvalue weighted by molar-refractivity contribution is 0.241. The van der Waals surface area contributed by atoms with Gasteiger partial charge in [0, 0.05) is 11.8 Å². The number of rotatable bonds is 7. The van der Waals surface area contributed by atoms with E-state index in [-0.39, 0.29) is 11.6 Å². The van der Waals surface area contributed by atoms with Gasteiger partial charge < -0.3 is 9.47 Å². The quantitative estimate of drug-likeness (QED) is 0.543. The van der Waals surface area contributed by atoms with Gasteiger partial charge in [-0.1, -0.05) is 40.2 Å². The molecule has 0 atom stereocenters. The zero-order chi connectivity index (χ0) is 14.2. The molecule has 4 heteroatoms. The Balaban J connectivity index is 1.71. The van der Waals surface area contributed by atoms with E-state index in [0.717, 1.165) is 11.3 Å². The highest BCUT2D eigenvalue weighted by Gasteiger charge is 2.04. The number of benzene rings is 2. The van der Waals surface area contributed by atoms with Gasteiger partial charge in [0.1, 0.15) is 5.75 Å². The van der Waals surface area contributed by atoms with Gasteiger partial charge in [0.25, 0.3) is 0 Å². The average Bonchev–Trinajstić information content (AvgIpc) is 2.49. The Morgan fingerprint density at radius 2 is 1.70 bits per heavy atom. The molecule has 20 heavy (non-hydrogen) atoms. The van der Waals surface area contributed by atoms with Gasteiger partial charge in [0.15, 0.2) is 11.6 Å². The molecule has 2 aromatic rings. The van der Waals surface area contributed by atoms with Crippen LogP contribution in [0.5, 0.6) is 11.5 Å². The molecule has 2 aromatic carbocycles. The SMILES string of the molecule is Fc1cc(CBr)ccc1OCCCOc1ccccc1. The molecule has 0 heterocycles. The van der Waals surface area contributed by atoms with Crippen LogP contribution in [0, 0.1) is 5.82 Å². The number of para-hydroxylation sites is 1. The van der Waals surface area contributed by atoms with Crippen molar-refractivity contribution in [2.75, 3.05) is 13.2 Å². The molecule has 0 aliphatic rings. The Morgan fingerprint density at radius 3 is 2.40 bits per heavy atom. The third-order valence-corrected chi connectivity index (χ3v) is 3.36. The van der Waals surface area contributed by atoms with Crippen molar-refractivity contribution in [3.05, 3.63) is 59.9 Å². The largest absolute Gasteiger partial charge is 0.493 e. The second-order valence-corrected chi connectivity index (χ2v) is 4.82. The highest BCUT2D eigenvalue weighted by atomic mass is 79.9. The second-order valence-electron chi connectivity index (χ2n) is 4.26. The molecular formula is C16H16BrFO2. The lowest BCUT2D eigenvalue weighted by Crippen LogP contribution is -2.05. The van der Waals surface area contributed by atoms with Gasteiger partial charge in [-0.3, -0.25) is 0 Å². The molecule has 0 fully saturated rings. The summed E-state index contributed by atoms with van der Waals surface area (Å²) >= 11 is 3.29. The van der Waals surface area contributed by atoms with Gasteiger partial charge in [0.2, 0.25) is 0 Å². The number of ether oxygens (including phenoxy) is 2. The van der Waals surface area contributed by atoms with E-state index in [9.17, 15) is 4.39 Å². The molecule has 2 nitrogen and oxygen atoms in total. The standard InChI is InChI=1S/C16H16BrFO2/c17-12-13-7-8-16(15(18)11-13)20-10-4-9-19-14-5-2-1-3-6-14/h1-3,5-8,11H,4,9-10,12H2. The van der Waals surface area contributed by atoms with Crippen molar-refractivity contribution in [1.82, 2.24) is 0 Å². The summed E-state index contributed by atoms with van der Waals surface area (Å²) in [5.74, 6) is 0.792. The smallest absolute Gasteiger partial charge is 0.165 e. The first-order chi connectivity index (χ1) is 9.79. The summed E-state index contributed by atoms with van der Waals surface area (Å²) in [7, 11) is 0. The van der Waals surface area contributed by atoms with Crippen LogP contribution in [0.3, 0.4) is 0 Å². The minimum absolute atomic E-state index is 0.286. The molecule has 0 amide bonds. The fraction of sp³-hybridized carbons (Fsp3) is 0.250. The summed E-state index contributed by atoms with van der Waals surface area (Å²) in [6.45, 7) is 0.975. The van der Waals surface area contributed by atoms with Gasteiger partial charge >= 0.3 is 0 Å². The first kappa shape index (κ1) is 14.9. The maximum Gasteiger partial charge on any atom is 0.165 e. The Hall–Kier alpha value is -1.55. The molecule has 0 unspecified atom stereocenters. The van der Waals surface area contributed by atoms with E-state index in [4.69, 9.17) is 9.47 Å². The fourth-order valence-corrected chi connectivity index (χ4v) is 2.04. The lowest BCUT2D eigenvalue weighted by atomic mass is 10.2. The van der Waals surface area contributed by atoms with Crippen LogP contribution in [0.15, 0.2) is 48.5 Å². The molecule has 0 bridgehead atoms. The van der Waals surface area contributed by atoms with Crippen molar-refractivity contribution >= 4 is 15.9 Å². The zero-order valence-corrected chi connectivity index (χ0v) is 12.6. The van der Waals surface area contributed by atoms with Crippen molar-refractivity contribution in [2.45, 2.75) is 11.8 Å². The van der Waals surface area contributed by atoms with E-state index in [2.05, 4.69) is 15.9 Å². The van der Waals surface area contributed by atoms with Crippen LogP contribution >= 0.6 is 15.9 Å². The molecule has 0 spiro atoms. The number of hydrogen-bond acceptors (Lipinski definition) is 2. The highest BCUT2D eigenvalue weighted by Crippen LogP contribution is 2.19. The normalized spacial score (nSPS) is 10.3. The minimum atomic E-state index is -0.328. The third kappa shape index (κ3) is 4.53. The first-order valence-corrected chi connectivity index (χ1v) is 7.57. The predicted octanol–water partition coefficient (Wildman–Crippen LogP) is 4.57. The van der Waals surface area contributed by atoms with E-state index in [0.29, 0.717) is 25.0 Å². The Kier molecular flexibility index (Phi) is 5.87. The van der Waals surface area contributed by atoms with Crippen molar-refractivity contribution in [2.24, 2.45) is 0 Å². The predicted molar refractivity (Wildman–Crippen MR) is 81.1 cm³/mol. The van der Waals surface area contributed by atoms with Crippen molar-refractivity contribution in [3.8, 4) is 11.5 Å². The Labute approximate surface area is 126 Å². The fourth-order valence-electron chi connectivity index (χ4n) is 1.69. The van der Waals surface area contributed by atoms with E-state index in [1.54, 1.807) is 6.07 Å². The van der Waals surface area contributed by atoms with Crippen LogP contribution in [-0.4, -0.2) is 13.2 Å². The molecular weight excluding hydrogens is 323 g/mol. The van der Waals surface area contributed by atoms with Gasteiger partial charge in [-0.2, -0.15) is 0 Å². The van der Waals surface area contributed by atoms with E-state index in [1.165, 1.54) is 6.07 Å². The number of halogens is 2. The summed E-state index contributed by atoms with van der Waals surface area (Å²) in [6.07, 6.45) is 0.703. The van der Waals surface area contributed by atoms with Gasteiger partial charge in [-0.15, -0.1) is 0 Å². The Bertz CT molecular complexity index is 531. The topological polar surface area (TPSA) is 18.5 Å². The van der Waals surface area contributed by atoms with Crippen molar-refractivity contribution < 1.29 is 13.9 Å². The summed E-state index contributed by atoms with van der Waals surface area (Å²) < 4.78 is 24.6. The highest BCUT2D eigenvalue weighted by molar-refractivity contribution is 9.08. The van der Waals surface area contributed by atoms with Crippen molar-refractivity contribution in [3.63, 3.8) is 0 Å². The van der Waals surface area contributed by atoms with Crippen molar-refractivity contribution in [1.29, 1.82) is 0 Å². The molecule has 0 saturated heterocycles. The van der Waals surface area contributed by atoms with Gasteiger partial charge in [0.05, 0.1) is 13.2 Å². The molecule has 0 aliphatic carbocycles. The second kappa shape index (κ2) is 7.90. The third-order valence-electron chi connectivity index (χ3n) is 2.71. The monoisotopic (exact) mass is 338 g/mol. The molecule has 0 aliphatic heterocycles. The maximum absolute atomic E-state index is 13.6. The van der Waals surface area contributed by atoms with E-state index >= 15 is 0 Å². The molecule has 0 N–H and O–H groups in total. The lowest BCUT2D eigenvalue weighted by Gasteiger charge is -2.09. The van der Waals surface area contributed by atoms with Crippen LogP contribution in [0.4, 0.5) is 4.39 Å². The molecule has 0 aromatic heterocycles. The molecule has 0 saturated carbocycles. The van der Waals surface area contributed by atoms with Crippen LogP contribution in [0.2, 0.25) is 0 Å².